The number of hydrogen-bond donors (Lipinski definition) is 1. The molecule has 1 heterocycles. The van der Waals surface area contributed by atoms with Crippen molar-refractivity contribution < 1.29 is 0 Å². The maximum Gasteiger partial charge on any atom is 0.132 e. The van der Waals surface area contributed by atoms with Crippen molar-refractivity contribution in [2.75, 3.05) is 11.9 Å². The summed E-state index contributed by atoms with van der Waals surface area (Å²) in [5, 5.41) is 3.37. The lowest BCUT2D eigenvalue weighted by Crippen LogP contribution is -2.08. The highest BCUT2D eigenvalue weighted by Crippen LogP contribution is 2.13. The third-order valence-corrected chi connectivity index (χ3v) is 3.42. The van der Waals surface area contributed by atoms with Gasteiger partial charge in [-0.05, 0) is 41.3 Å². The fraction of sp³-hybridized carbons (Fsp3) is 0.375. The van der Waals surface area contributed by atoms with E-state index >= 15 is 0 Å². The maximum atomic E-state index is 4.52. The first-order valence-electron chi connectivity index (χ1n) is 7.00. The lowest BCUT2D eigenvalue weighted by molar-refractivity contribution is 0.827. The Kier molecular flexibility index (Phi) is 5.53. The molecular weight excluding hydrogens is 314 g/mol. The molecule has 1 aromatic heterocycles. The zero-order chi connectivity index (χ0) is 14.4. The van der Waals surface area contributed by atoms with Gasteiger partial charge in [-0.2, -0.15) is 0 Å². The lowest BCUT2D eigenvalue weighted by atomic mass is 10.1. The Balaban J connectivity index is 1.93. The molecule has 1 aromatic carbocycles. The average Bonchev–Trinajstić information content (AvgIpc) is 2.38. The molecule has 0 fully saturated rings. The molecule has 0 bridgehead atoms. The molecule has 106 valence electrons. The van der Waals surface area contributed by atoms with Gasteiger partial charge in [0.2, 0.25) is 0 Å². The number of benzene rings is 1. The predicted molar refractivity (Wildman–Crippen MR) is 87.1 cm³/mol. The van der Waals surface area contributed by atoms with Crippen LogP contribution in [0, 0.1) is 6.92 Å². The summed E-state index contributed by atoms with van der Waals surface area (Å²) in [4.78, 5) is 8.89. The van der Waals surface area contributed by atoms with Gasteiger partial charge in [0.05, 0.1) is 0 Å². The van der Waals surface area contributed by atoms with E-state index in [0.29, 0.717) is 0 Å². The van der Waals surface area contributed by atoms with E-state index in [0.717, 1.165) is 42.1 Å². The Morgan fingerprint density at radius 2 is 2.00 bits per heavy atom. The van der Waals surface area contributed by atoms with Crippen LogP contribution in [0.25, 0.3) is 0 Å². The highest BCUT2D eigenvalue weighted by atomic mass is 79.9. The Bertz CT molecular complexity index is 569. The van der Waals surface area contributed by atoms with Gasteiger partial charge in [-0.3, -0.25) is 0 Å². The number of halogens is 1. The monoisotopic (exact) mass is 333 g/mol. The summed E-state index contributed by atoms with van der Waals surface area (Å²) in [7, 11) is 0. The van der Waals surface area contributed by atoms with Gasteiger partial charge in [0.1, 0.15) is 16.2 Å². The second-order valence-corrected chi connectivity index (χ2v) is 5.72. The zero-order valence-electron chi connectivity index (χ0n) is 12.0. The summed E-state index contributed by atoms with van der Waals surface area (Å²) in [5.74, 6) is 1.78. The summed E-state index contributed by atoms with van der Waals surface area (Å²) in [6.45, 7) is 5.13. The van der Waals surface area contributed by atoms with Crippen LogP contribution in [0.5, 0.6) is 0 Å². The zero-order valence-corrected chi connectivity index (χ0v) is 13.6. The molecule has 4 heteroatoms. The van der Waals surface area contributed by atoms with Crippen molar-refractivity contribution in [1.29, 1.82) is 0 Å². The highest BCUT2D eigenvalue weighted by Gasteiger charge is 2.02. The van der Waals surface area contributed by atoms with E-state index in [1.54, 1.807) is 0 Å². The standard InChI is InChI=1S/C16H20BrN3/c1-3-5-15-19-14(17)11-16(20-15)18-9-8-13-7-4-6-12(2)10-13/h4,6-7,10-11H,3,5,8-9H2,1-2H3,(H,18,19,20). The first kappa shape index (κ1) is 15.0. The van der Waals surface area contributed by atoms with Crippen LogP contribution in [0.1, 0.15) is 30.3 Å². The fourth-order valence-electron chi connectivity index (χ4n) is 2.09. The lowest BCUT2D eigenvalue weighted by Gasteiger charge is -2.08. The predicted octanol–water partition coefficient (Wildman–Crippen LogP) is 4.15. The topological polar surface area (TPSA) is 37.8 Å². The number of hydrogen-bond acceptors (Lipinski definition) is 3. The molecule has 0 spiro atoms. The van der Waals surface area contributed by atoms with Gasteiger partial charge in [-0.1, -0.05) is 36.8 Å². The molecule has 0 atom stereocenters. The summed E-state index contributed by atoms with van der Waals surface area (Å²) in [5.41, 5.74) is 2.65. The first-order chi connectivity index (χ1) is 9.67. The Morgan fingerprint density at radius 1 is 1.15 bits per heavy atom. The van der Waals surface area contributed by atoms with Gasteiger partial charge >= 0.3 is 0 Å². The van der Waals surface area contributed by atoms with Crippen molar-refractivity contribution in [3.8, 4) is 0 Å². The van der Waals surface area contributed by atoms with E-state index in [4.69, 9.17) is 0 Å². The molecule has 0 saturated heterocycles. The fourth-order valence-corrected chi connectivity index (χ4v) is 2.51. The number of aromatic nitrogens is 2. The van der Waals surface area contributed by atoms with E-state index in [1.165, 1.54) is 11.1 Å². The molecule has 1 N–H and O–H groups in total. The van der Waals surface area contributed by atoms with Crippen molar-refractivity contribution in [3.05, 3.63) is 51.9 Å². The van der Waals surface area contributed by atoms with Gasteiger partial charge < -0.3 is 5.32 Å². The molecule has 0 aliphatic carbocycles. The van der Waals surface area contributed by atoms with Crippen LogP contribution in [0.4, 0.5) is 5.82 Å². The summed E-state index contributed by atoms with van der Waals surface area (Å²) in [6.07, 6.45) is 2.96. The molecular formula is C16H20BrN3. The number of anilines is 1. The van der Waals surface area contributed by atoms with Gasteiger partial charge in [-0.15, -0.1) is 0 Å². The molecule has 2 rings (SSSR count). The molecule has 20 heavy (non-hydrogen) atoms. The van der Waals surface area contributed by atoms with Crippen LogP contribution >= 0.6 is 15.9 Å². The van der Waals surface area contributed by atoms with E-state index in [9.17, 15) is 0 Å². The van der Waals surface area contributed by atoms with Crippen LogP contribution in [0.15, 0.2) is 34.9 Å². The van der Waals surface area contributed by atoms with Crippen LogP contribution in [0.3, 0.4) is 0 Å². The molecule has 0 saturated carbocycles. The molecule has 0 radical (unpaired) electrons. The minimum Gasteiger partial charge on any atom is -0.370 e. The second-order valence-electron chi connectivity index (χ2n) is 4.91. The van der Waals surface area contributed by atoms with Gasteiger partial charge in [0.25, 0.3) is 0 Å². The third kappa shape index (κ3) is 4.60. The first-order valence-corrected chi connectivity index (χ1v) is 7.79. The van der Waals surface area contributed by atoms with Crippen LogP contribution in [-0.4, -0.2) is 16.5 Å². The van der Waals surface area contributed by atoms with Crippen molar-refractivity contribution in [3.63, 3.8) is 0 Å². The quantitative estimate of drug-likeness (QED) is 0.806. The Hall–Kier alpha value is -1.42. The third-order valence-electron chi connectivity index (χ3n) is 3.02. The van der Waals surface area contributed by atoms with Crippen LogP contribution in [0.2, 0.25) is 0 Å². The van der Waals surface area contributed by atoms with Gasteiger partial charge in [0.15, 0.2) is 0 Å². The smallest absolute Gasteiger partial charge is 0.132 e. The van der Waals surface area contributed by atoms with Crippen LogP contribution in [-0.2, 0) is 12.8 Å². The van der Waals surface area contributed by atoms with Crippen LogP contribution < -0.4 is 5.32 Å². The number of aryl methyl sites for hydroxylation is 2. The SMILES string of the molecule is CCCc1nc(Br)cc(NCCc2cccc(C)c2)n1. The summed E-state index contributed by atoms with van der Waals surface area (Å²) < 4.78 is 0.842. The van der Waals surface area contributed by atoms with Crippen molar-refractivity contribution in [2.45, 2.75) is 33.1 Å². The second kappa shape index (κ2) is 7.39. The van der Waals surface area contributed by atoms with E-state index in [-0.39, 0.29) is 0 Å². The Morgan fingerprint density at radius 3 is 2.75 bits per heavy atom. The summed E-state index contributed by atoms with van der Waals surface area (Å²) in [6, 6.07) is 10.5. The summed E-state index contributed by atoms with van der Waals surface area (Å²) >= 11 is 3.44. The number of nitrogens with one attached hydrogen (secondary N) is 1. The van der Waals surface area contributed by atoms with Crippen molar-refractivity contribution in [2.24, 2.45) is 0 Å². The Labute approximate surface area is 129 Å². The van der Waals surface area contributed by atoms with Gasteiger partial charge in [-0.25, -0.2) is 9.97 Å². The van der Waals surface area contributed by atoms with Crippen molar-refractivity contribution in [1.82, 2.24) is 9.97 Å². The maximum absolute atomic E-state index is 4.52. The molecule has 0 aliphatic rings. The highest BCUT2D eigenvalue weighted by molar-refractivity contribution is 9.10. The largest absolute Gasteiger partial charge is 0.370 e. The van der Waals surface area contributed by atoms with Crippen molar-refractivity contribution >= 4 is 21.7 Å². The number of rotatable bonds is 6. The average molecular weight is 334 g/mol. The molecule has 0 aliphatic heterocycles. The van der Waals surface area contributed by atoms with E-state index in [1.807, 2.05) is 6.07 Å². The van der Waals surface area contributed by atoms with Gasteiger partial charge in [0, 0.05) is 19.0 Å². The minimum absolute atomic E-state index is 0.842. The van der Waals surface area contributed by atoms with E-state index in [2.05, 4.69) is 69.3 Å². The molecule has 2 aromatic rings. The normalized spacial score (nSPS) is 10.6. The molecule has 0 amide bonds. The van der Waals surface area contributed by atoms with E-state index < -0.39 is 0 Å². The molecule has 0 unspecified atom stereocenters. The number of nitrogens with zero attached hydrogens (tertiary/aromatic N) is 2. The molecule has 3 nitrogen and oxygen atoms in total. The minimum atomic E-state index is 0.842.